The van der Waals surface area contributed by atoms with Crippen LogP contribution in [0, 0.1) is 0 Å². The van der Waals surface area contributed by atoms with E-state index in [0.29, 0.717) is 5.04 Å². The standard InChI is InChI=1S/C3H9N5S/c1-9-3(8-6)2(4)7-5/h5-6H2,1H3,(H2,4,7)/b8-3-. The Morgan fingerprint density at radius 3 is 2.00 bits per heavy atom. The summed E-state index contributed by atoms with van der Waals surface area (Å²) in [4.78, 5) is 0. The molecule has 9 heavy (non-hydrogen) atoms. The first kappa shape index (κ1) is 8.09. The predicted octanol–water partition coefficient (Wildman–Crippen LogP) is -1.15. The second-order valence-corrected chi connectivity index (χ2v) is 1.95. The highest BCUT2D eigenvalue weighted by Crippen LogP contribution is 1.94. The molecule has 0 atom stereocenters. The summed E-state index contributed by atoms with van der Waals surface area (Å²) in [7, 11) is 0. The molecule has 0 saturated heterocycles. The van der Waals surface area contributed by atoms with Crippen molar-refractivity contribution in [1.82, 2.24) is 0 Å². The van der Waals surface area contributed by atoms with E-state index in [1.165, 1.54) is 11.8 Å². The van der Waals surface area contributed by atoms with E-state index in [2.05, 4.69) is 10.2 Å². The van der Waals surface area contributed by atoms with Gasteiger partial charge in [-0.3, -0.25) is 0 Å². The van der Waals surface area contributed by atoms with Crippen LogP contribution in [0.3, 0.4) is 0 Å². The number of hydrogen-bond donors (Lipinski definition) is 3. The highest BCUT2D eigenvalue weighted by atomic mass is 32.2. The maximum Gasteiger partial charge on any atom is 0.177 e. The molecule has 0 rings (SSSR count). The van der Waals surface area contributed by atoms with Gasteiger partial charge in [0.15, 0.2) is 10.9 Å². The van der Waals surface area contributed by atoms with Crippen molar-refractivity contribution in [3.63, 3.8) is 0 Å². The Labute approximate surface area is 57.3 Å². The largest absolute Gasteiger partial charge is 0.380 e. The quantitative estimate of drug-likeness (QED) is 0.174. The number of amidine groups is 1. The molecule has 0 unspecified atom stereocenters. The summed E-state index contributed by atoms with van der Waals surface area (Å²) in [5, 5.41) is 6.96. The van der Waals surface area contributed by atoms with Gasteiger partial charge in [0.2, 0.25) is 0 Å². The number of nitrogens with two attached hydrogens (primary N) is 3. The second-order valence-electron chi connectivity index (χ2n) is 1.15. The summed E-state index contributed by atoms with van der Waals surface area (Å²) >= 11 is 1.29. The number of hydrogen-bond acceptors (Lipinski definition) is 5. The van der Waals surface area contributed by atoms with E-state index in [9.17, 15) is 0 Å². The fraction of sp³-hybridized carbons (Fsp3) is 0.333. The van der Waals surface area contributed by atoms with E-state index < -0.39 is 0 Å². The van der Waals surface area contributed by atoms with Gasteiger partial charge in [0, 0.05) is 0 Å². The van der Waals surface area contributed by atoms with Crippen LogP contribution in [0.15, 0.2) is 10.2 Å². The molecule has 0 aromatic carbocycles. The molecule has 0 bridgehead atoms. The van der Waals surface area contributed by atoms with Crippen LogP contribution in [0.2, 0.25) is 0 Å². The molecule has 0 aromatic rings. The fourth-order valence-corrected chi connectivity index (χ4v) is 0.646. The number of thioether (sulfide) groups is 1. The minimum Gasteiger partial charge on any atom is -0.380 e. The third-order valence-electron chi connectivity index (χ3n) is 0.669. The Morgan fingerprint density at radius 1 is 1.33 bits per heavy atom. The molecule has 0 spiro atoms. The summed E-state index contributed by atoms with van der Waals surface area (Å²) in [6.07, 6.45) is 1.78. The predicted molar refractivity (Wildman–Crippen MR) is 40.9 cm³/mol. The normalized spacial score (nSPS) is 13.9. The van der Waals surface area contributed by atoms with Gasteiger partial charge in [-0.1, -0.05) is 0 Å². The fourth-order valence-electron chi connectivity index (χ4n) is 0.279. The number of nitrogens with zero attached hydrogens (tertiary/aromatic N) is 2. The van der Waals surface area contributed by atoms with E-state index in [0.717, 1.165) is 0 Å². The molecule has 0 aliphatic carbocycles. The van der Waals surface area contributed by atoms with Crippen LogP contribution >= 0.6 is 11.8 Å². The smallest absolute Gasteiger partial charge is 0.177 e. The summed E-state index contributed by atoms with van der Waals surface area (Å²) < 4.78 is 0. The first-order chi connectivity index (χ1) is 4.26. The van der Waals surface area contributed by atoms with E-state index in [4.69, 9.17) is 17.4 Å². The van der Waals surface area contributed by atoms with Crippen molar-refractivity contribution in [3.8, 4) is 0 Å². The van der Waals surface area contributed by atoms with Crippen molar-refractivity contribution in [2.75, 3.05) is 6.26 Å². The van der Waals surface area contributed by atoms with Crippen LogP contribution in [-0.2, 0) is 0 Å². The van der Waals surface area contributed by atoms with Crippen LogP contribution in [0.4, 0.5) is 0 Å². The van der Waals surface area contributed by atoms with E-state index in [1.807, 2.05) is 0 Å². The van der Waals surface area contributed by atoms with Crippen molar-refractivity contribution in [2.45, 2.75) is 0 Å². The average molecular weight is 147 g/mol. The summed E-state index contributed by atoms with van der Waals surface area (Å²) in [5.41, 5.74) is 5.23. The molecular weight excluding hydrogens is 138 g/mol. The molecule has 5 nitrogen and oxygen atoms in total. The Balaban J connectivity index is 4.14. The zero-order chi connectivity index (χ0) is 7.28. The lowest BCUT2D eigenvalue weighted by Gasteiger charge is -1.95. The minimum atomic E-state index is 0.157. The van der Waals surface area contributed by atoms with E-state index in [1.54, 1.807) is 6.26 Å². The maximum absolute atomic E-state index is 5.23. The molecule has 0 aliphatic heterocycles. The Kier molecular flexibility index (Phi) is 3.61. The van der Waals surface area contributed by atoms with Gasteiger partial charge in [0.25, 0.3) is 0 Å². The van der Waals surface area contributed by atoms with Crippen molar-refractivity contribution in [3.05, 3.63) is 0 Å². The lowest BCUT2D eigenvalue weighted by Crippen LogP contribution is -2.23. The van der Waals surface area contributed by atoms with Crippen molar-refractivity contribution in [2.24, 2.45) is 27.6 Å². The monoisotopic (exact) mass is 147 g/mol. The molecule has 0 heterocycles. The third-order valence-corrected chi connectivity index (χ3v) is 1.37. The first-order valence-electron chi connectivity index (χ1n) is 2.11. The van der Waals surface area contributed by atoms with Crippen LogP contribution in [0.1, 0.15) is 0 Å². The molecule has 0 fully saturated rings. The van der Waals surface area contributed by atoms with Gasteiger partial charge in [0.05, 0.1) is 0 Å². The molecule has 0 aromatic heterocycles. The zero-order valence-corrected chi connectivity index (χ0v) is 5.85. The van der Waals surface area contributed by atoms with Crippen molar-refractivity contribution < 1.29 is 0 Å². The molecule has 0 radical (unpaired) electrons. The van der Waals surface area contributed by atoms with Crippen LogP contribution in [0.25, 0.3) is 0 Å². The Bertz CT molecular complexity index is 139. The molecule has 6 N–H and O–H groups in total. The lowest BCUT2D eigenvalue weighted by atomic mass is 10.7. The van der Waals surface area contributed by atoms with Gasteiger partial charge in [0.1, 0.15) is 0 Å². The van der Waals surface area contributed by atoms with E-state index in [-0.39, 0.29) is 5.84 Å². The topological polar surface area (TPSA) is 103 Å². The maximum atomic E-state index is 5.23. The summed E-state index contributed by atoms with van der Waals surface area (Å²) in [6.45, 7) is 0. The summed E-state index contributed by atoms with van der Waals surface area (Å²) in [5.74, 6) is 9.91. The van der Waals surface area contributed by atoms with Gasteiger partial charge in [-0.15, -0.1) is 11.8 Å². The summed E-state index contributed by atoms with van der Waals surface area (Å²) in [6, 6.07) is 0. The van der Waals surface area contributed by atoms with Crippen LogP contribution < -0.4 is 17.4 Å². The Morgan fingerprint density at radius 2 is 1.89 bits per heavy atom. The molecule has 6 heteroatoms. The molecule has 0 saturated carbocycles. The highest BCUT2D eigenvalue weighted by Gasteiger charge is 1.99. The van der Waals surface area contributed by atoms with Crippen LogP contribution in [0.5, 0.6) is 0 Å². The van der Waals surface area contributed by atoms with Crippen molar-refractivity contribution >= 4 is 22.6 Å². The number of hydrazone groups is 2. The van der Waals surface area contributed by atoms with Crippen LogP contribution in [-0.4, -0.2) is 17.1 Å². The van der Waals surface area contributed by atoms with Crippen molar-refractivity contribution in [1.29, 1.82) is 0 Å². The van der Waals surface area contributed by atoms with Gasteiger partial charge >= 0.3 is 0 Å². The molecule has 0 aliphatic rings. The first-order valence-corrected chi connectivity index (χ1v) is 3.34. The van der Waals surface area contributed by atoms with Gasteiger partial charge in [-0.25, -0.2) is 0 Å². The van der Waals surface area contributed by atoms with E-state index >= 15 is 0 Å². The molecule has 52 valence electrons. The molecule has 0 amide bonds. The van der Waals surface area contributed by atoms with Gasteiger partial charge < -0.3 is 17.4 Å². The lowest BCUT2D eigenvalue weighted by molar-refractivity contribution is 1.23. The Hall–Kier alpha value is -0.910. The van der Waals surface area contributed by atoms with Gasteiger partial charge in [-0.2, -0.15) is 10.2 Å². The van der Waals surface area contributed by atoms with Gasteiger partial charge in [-0.05, 0) is 6.26 Å². The average Bonchev–Trinajstić information content (AvgIpc) is 1.90. The third kappa shape index (κ3) is 2.22. The number of rotatable bonds is 0. The zero-order valence-electron chi connectivity index (χ0n) is 5.03. The SMILES string of the molecule is CSC(=N\N)/C(N)=N/N. The second kappa shape index (κ2) is 4.02. The highest BCUT2D eigenvalue weighted by molar-refractivity contribution is 8.15. The minimum absolute atomic E-state index is 0.157. The molecular formula is C3H9N5S.